The Labute approximate surface area is 164 Å². The Kier molecular flexibility index (Phi) is 6.30. The minimum atomic E-state index is -0.313. The number of nitrogens with one attached hydrogen (secondary N) is 1. The van der Waals surface area contributed by atoms with Gasteiger partial charge in [-0.25, -0.2) is 4.98 Å². The molecule has 0 spiro atoms. The second kappa shape index (κ2) is 8.88. The molecule has 0 atom stereocenters. The molecule has 1 aliphatic rings. The van der Waals surface area contributed by atoms with Crippen LogP contribution in [0, 0.1) is 6.92 Å². The molecule has 2 heterocycles. The number of amides is 1. The van der Waals surface area contributed by atoms with Crippen molar-refractivity contribution in [3.8, 4) is 5.75 Å². The van der Waals surface area contributed by atoms with Gasteiger partial charge in [0.05, 0.1) is 26.0 Å². The zero-order chi connectivity index (χ0) is 20.1. The van der Waals surface area contributed by atoms with Crippen LogP contribution < -0.4 is 20.5 Å². The number of aryl methyl sites for hydroxylation is 2. The summed E-state index contributed by atoms with van der Waals surface area (Å²) in [6, 6.07) is 7.03. The van der Waals surface area contributed by atoms with E-state index in [1.54, 1.807) is 13.2 Å². The molecule has 2 aromatic rings. The van der Waals surface area contributed by atoms with Crippen LogP contribution in [0.1, 0.15) is 18.2 Å². The van der Waals surface area contributed by atoms with Crippen LogP contribution in [0.4, 0.5) is 11.6 Å². The zero-order valence-electron chi connectivity index (χ0n) is 16.5. The van der Waals surface area contributed by atoms with Gasteiger partial charge >= 0.3 is 0 Å². The Balaban J connectivity index is 1.87. The topological polar surface area (TPSA) is 85.7 Å². The number of ether oxygens (including phenoxy) is 2. The average molecular weight is 386 g/mol. The number of aromatic nitrogens is 2. The normalized spacial score (nSPS) is 14.0. The highest BCUT2D eigenvalue weighted by atomic mass is 16.5. The van der Waals surface area contributed by atoms with Gasteiger partial charge in [0.15, 0.2) is 0 Å². The smallest absolute Gasteiger partial charge is 0.255 e. The van der Waals surface area contributed by atoms with E-state index in [4.69, 9.17) is 9.47 Å². The molecule has 28 heavy (non-hydrogen) atoms. The molecular weight excluding hydrogens is 360 g/mol. The van der Waals surface area contributed by atoms with Crippen LogP contribution in [0.3, 0.4) is 0 Å². The third-order valence-corrected chi connectivity index (χ3v) is 4.63. The van der Waals surface area contributed by atoms with Crippen molar-refractivity contribution < 1.29 is 14.3 Å². The zero-order valence-corrected chi connectivity index (χ0v) is 16.5. The Bertz CT molecular complexity index is 904. The van der Waals surface area contributed by atoms with Gasteiger partial charge in [-0.3, -0.25) is 14.2 Å². The van der Waals surface area contributed by atoms with Gasteiger partial charge in [0.1, 0.15) is 12.3 Å². The van der Waals surface area contributed by atoms with Crippen LogP contribution in [-0.2, 0) is 22.5 Å². The lowest BCUT2D eigenvalue weighted by Gasteiger charge is -2.29. The van der Waals surface area contributed by atoms with Crippen LogP contribution >= 0.6 is 0 Å². The molecule has 1 aromatic heterocycles. The first kappa shape index (κ1) is 19.9. The number of carbonyl (C=O) groups is 1. The molecule has 0 radical (unpaired) electrons. The number of hydrogen-bond donors (Lipinski definition) is 1. The summed E-state index contributed by atoms with van der Waals surface area (Å²) in [5.74, 6) is 0.768. The van der Waals surface area contributed by atoms with Gasteiger partial charge in [-0.1, -0.05) is 13.0 Å². The molecular formula is C20H26N4O4. The van der Waals surface area contributed by atoms with Crippen molar-refractivity contribution in [1.82, 2.24) is 9.55 Å². The lowest BCUT2D eigenvalue weighted by molar-refractivity contribution is -0.116. The van der Waals surface area contributed by atoms with Crippen molar-refractivity contribution >= 4 is 17.5 Å². The maximum atomic E-state index is 12.7. The number of hydrogen-bond acceptors (Lipinski definition) is 6. The third-order valence-electron chi connectivity index (χ3n) is 4.63. The van der Waals surface area contributed by atoms with Crippen molar-refractivity contribution in [2.75, 3.05) is 43.6 Å². The van der Waals surface area contributed by atoms with Crippen molar-refractivity contribution in [2.45, 2.75) is 26.8 Å². The standard InChI is InChI=1S/C20H26N4O4/c1-4-15-12-19(26)24(20(21-15)23-7-9-28-10-8-23)13-18(25)22-16-11-14(2)5-6-17(16)27-3/h5-6,11-12H,4,7-10,13H2,1-3H3,(H,22,25). The molecule has 0 aliphatic carbocycles. The molecule has 1 fully saturated rings. The van der Waals surface area contributed by atoms with Gasteiger partial charge in [0.2, 0.25) is 11.9 Å². The molecule has 1 N–H and O–H groups in total. The summed E-state index contributed by atoms with van der Waals surface area (Å²) in [6.07, 6.45) is 0.653. The Morgan fingerprint density at radius 2 is 2.04 bits per heavy atom. The highest BCUT2D eigenvalue weighted by Gasteiger charge is 2.20. The van der Waals surface area contributed by atoms with E-state index in [1.807, 2.05) is 30.9 Å². The van der Waals surface area contributed by atoms with Crippen LogP contribution in [-0.4, -0.2) is 48.9 Å². The van der Waals surface area contributed by atoms with Crippen molar-refractivity contribution in [2.24, 2.45) is 0 Å². The van der Waals surface area contributed by atoms with E-state index < -0.39 is 0 Å². The Morgan fingerprint density at radius 3 is 2.71 bits per heavy atom. The SMILES string of the molecule is CCc1cc(=O)n(CC(=O)Nc2cc(C)ccc2OC)c(N2CCOCC2)n1. The number of carbonyl (C=O) groups excluding carboxylic acids is 1. The predicted octanol–water partition coefficient (Wildman–Crippen LogP) is 1.60. The highest BCUT2D eigenvalue weighted by Crippen LogP contribution is 2.25. The molecule has 1 amide bonds. The van der Waals surface area contributed by atoms with Gasteiger partial charge in [0.25, 0.3) is 5.56 Å². The minimum Gasteiger partial charge on any atom is -0.495 e. The fourth-order valence-electron chi connectivity index (χ4n) is 3.13. The highest BCUT2D eigenvalue weighted by molar-refractivity contribution is 5.92. The van der Waals surface area contributed by atoms with Gasteiger partial charge in [-0.2, -0.15) is 0 Å². The molecule has 150 valence electrons. The van der Waals surface area contributed by atoms with Crippen LogP contribution in [0.2, 0.25) is 0 Å². The molecule has 0 saturated carbocycles. The summed E-state index contributed by atoms with van der Waals surface area (Å²) in [5.41, 5.74) is 2.05. The number of morpholine rings is 1. The minimum absolute atomic E-state index is 0.125. The third kappa shape index (κ3) is 4.51. The van der Waals surface area contributed by atoms with E-state index in [0.717, 1.165) is 5.56 Å². The van der Waals surface area contributed by atoms with E-state index in [0.29, 0.717) is 55.8 Å². The summed E-state index contributed by atoms with van der Waals surface area (Å²) < 4.78 is 12.1. The Morgan fingerprint density at radius 1 is 1.29 bits per heavy atom. The number of benzene rings is 1. The number of methoxy groups -OCH3 is 1. The van der Waals surface area contributed by atoms with Gasteiger partial charge in [-0.15, -0.1) is 0 Å². The molecule has 1 aliphatic heterocycles. The summed E-state index contributed by atoms with van der Waals surface area (Å²) >= 11 is 0. The maximum Gasteiger partial charge on any atom is 0.255 e. The van der Waals surface area contributed by atoms with E-state index in [-0.39, 0.29) is 18.0 Å². The van der Waals surface area contributed by atoms with Gasteiger partial charge in [0, 0.05) is 24.8 Å². The number of rotatable bonds is 6. The molecule has 3 rings (SSSR count). The monoisotopic (exact) mass is 386 g/mol. The summed E-state index contributed by atoms with van der Waals surface area (Å²) in [4.78, 5) is 32.0. The van der Waals surface area contributed by atoms with Crippen LogP contribution in [0.15, 0.2) is 29.1 Å². The second-order valence-corrected chi connectivity index (χ2v) is 6.68. The quantitative estimate of drug-likeness (QED) is 0.812. The lowest BCUT2D eigenvalue weighted by atomic mass is 10.2. The fourth-order valence-corrected chi connectivity index (χ4v) is 3.13. The molecule has 0 unspecified atom stereocenters. The maximum absolute atomic E-state index is 12.7. The Hall–Kier alpha value is -2.87. The van der Waals surface area contributed by atoms with Gasteiger partial charge in [-0.05, 0) is 31.0 Å². The molecule has 1 saturated heterocycles. The molecule has 0 bridgehead atoms. The van der Waals surface area contributed by atoms with E-state index in [1.165, 1.54) is 10.6 Å². The largest absolute Gasteiger partial charge is 0.495 e. The molecule has 1 aromatic carbocycles. The van der Waals surface area contributed by atoms with Gasteiger partial charge < -0.3 is 19.7 Å². The van der Waals surface area contributed by atoms with E-state index in [9.17, 15) is 9.59 Å². The van der Waals surface area contributed by atoms with Crippen molar-refractivity contribution in [1.29, 1.82) is 0 Å². The number of nitrogens with zero attached hydrogens (tertiary/aromatic N) is 3. The van der Waals surface area contributed by atoms with E-state index >= 15 is 0 Å². The summed E-state index contributed by atoms with van der Waals surface area (Å²) in [5, 5.41) is 2.84. The first-order valence-corrected chi connectivity index (χ1v) is 9.39. The number of anilines is 2. The first-order chi connectivity index (χ1) is 13.5. The van der Waals surface area contributed by atoms with Crippen LogP contribution in [0.5, 0.6) is 5.75 Å². The lowest BCUT2D eigenvalue weighted by Crippen LogP contribution is -2.42. The van der Waals surface area contributed by atoms with Crippen molar-refractivity contribution in [3.63, 3.8) is 0 Å². The summed E-state index contributed by atoms with van der Waals surface area (Å²) in [7, 11) is 1.55. The first-order valence-electron chi connectivity index (χ1n) is 9.39. The predicted molar refractivity (Wildman–Crippen MR) is 107 cm³/mol. The summed E-state index contributed by atoms with van der Waals surface area (Å²) in [6.45, 7) is 6.16. The second-order valence-electron chi connectivity index (χ2n) is 6.68. The molecule has 8 nitrogen and oxygen atoms in total. The van der Waals surface area contributed by atoms with E-state index in [2.05, 4.69) is 10.3 Å². The average Bonchev–Trinajstić information content (AvgIpc) is 2.70. The molecule has 8 heteroatoms. The van der Waals surface area contributed by atoms with Crippen LogP contribution in [0.25, 0.3) is 0 Å². The fraction of sp³-hybridized carbons (Fsp3) is 0.450. The van der Waals surface area contributed by atoms with Crippen molar-refractivity contribution in [3.05, 3.63) is 45.9 Å².